The first-order chi connectivity index (χ1) is 9.72. The van der Waals surface area contributed by atoms with Gasteiger partial charge in [-0.3, -0.25) is 9.69 Å². The van der Waals surface area contributed by atoms with Crippen LogP contribution in [-0.4, -0.2) is 23.8 Å². The summed E-state index contributed by atoms with van der Waals surface area (Å²) in [5.74, 6) is 0.200. The molecule has 0 atom stereocenters. The molecule has 0 bridgehead atoms. The molecule has 0 amide bonds. The number of carbonyl (C=O) groups excluding carboxylic acids is 1. The van der Waals surface area contributed by atoms with E-state index in [0.29, 0.717) is 6.54 Å². The summed E-state index contributed by atoms with van der Waals surface area (Å²) in [5, 5.41) is 2.08. The van der Waals surface area contributed by atoms with Crippen molar-refractivity contribution in [3.63, 3.8) is 0 Å². The fraction of sp³-hybridized carbons (Fsp3) is 0.353. The molecule has 0 radical (unpaired) electrons. The van der Waals surface area contributed by atoms with Crippen molar-refractivity contribution < 1.29 is 4.79 Å². The zero-order valence-corrected chi connectivity index (χ0v) is 13.0. The molecule has 0 aliphatic rings. The average molecular weight is 287 g/mol. The van der Waals surface area contributed by atoms with E-state index in [0.717, 1.165) is 25.1 Å². The van der Waals surface area contributed by atoms with Crippen LogP contribution in [0.3, 0.4) is 0 Å². The minimum atomic E-state index is 0.200. The Hall–Kier alpha value is -1.45. The molecule has 3 heteroatoms. The van der Waals surface area contributed by atoms with Crippen molar-refractivity contribution in [1.82, 2.24) is 4.90 Å². The minimum absolute atomic E-state index is 0.200. The Labute approximate surface area is 125 Å². The van der Waals surface area contributed by atoms with Gasteiger partial charge in [0.15, 0.2) is 5.78 Å². The van der Waals surface area contributed by atoms with Gasteiger partial charge in [-0.2, -0.15) is 0 Å². The van der Waals surface area contributed by atoms with E-state index in [2.05, 4.69) is 36.3 Å². The molecule has 0 aliphatic carbocycles. The van der Waals surface area contributed by atoms with Crippen LogP contribution in [0.4, 0.5) is 0 Å². The molecule has 0 fully saturated rings. The highest BCUT2D eigenvalue weighted by Gasteiger charge is 2.12. The Morgan fingerprint density at radius 2 is 1.90 bits per heavy atom. The summed E-state index contributed by atoms with van der Waals surface area (Å²) >= 11 is 1.74. The van der Waals surface area contributed by atoms with Crippen molar-refractivity contribution in [2.45, 2.75) is 26.8 Å². The molecule has 106 valence electrons. The van der Waals surface area contributed by atoms with Gasteiger partial charge in [0, 0.05) is 17.0 Å². The molecule has 0 unspecified atom stereocenters. The third kappa shape index (κ3) is 4.02. The van der Waals surface area contributed by atoms with E-state index < -0.39 is 0 Å². The number of carbonyl (C=O) groups is 1. The zero-order valence-electron chi connectivity index (χ0n) is 12.1. The van der Waals surface area contributed by atoms with Crippen LogP contribution < -0.4 is 0 Å². The van der Waals surface area contributed by atoms with Gasteiger partial charge in [0.25, 0.3) is 0 Å². The number of Topliss-reactive ketones (excluding diaryl/α,β-unsaturated/α-hetero) is 1. The molecular formula is C17H21NOS. The predicted octanol–water partition coefficient (Wildman–Crippen LogP) is 4.02. The van der Waals surface area contributed by atoms with E-state index in [1.165, 1.54) is 10.4 Å². The molecule has 0 N–H and O–H groups in total. The number of likely N-dealkylation sites (N-methyl/N-ethyl adjacent to an activating group) is 1. The van der Waals surface area contributed by atoms with Gasteiger partial charge >= 0.3 is 0 Å². The van der Waals surface area contributed by atoms with Gasteiger partial charge in [0.1, 0.15) is 0 Å². The van der Waals surface area contributed by atoms with Crippen LogP contribution in [0.1, 0.15) is 34.6 Å². The van der Waals surface area contributed by atoms with Crippen LogP contribution in [0.2, 0.25) is 0 Å². The SMILES string of the molecule is CCc1ccc(C(=O)CN(CC)Cc2cccs2)cc1. The molecule has 2 nitrogen and oxygen atoms in total. The molecule has 1 aromatic carbocycles. The van der Waals surface area contributed by atoms with E-state index in [9.17, 15) is 4.79 Å². The smallest absolute Gasteiger partial charge is 0.176 e. The summed E-state index contributed by atoms with van der Waals surface area (Å²) in [4.78, 5) is 15.8. The normalized spacial score (nSPS) is 10.9. The van der Waals surface area contributed by atoms with Gasteiger partial charge in [-0.1, -0.05) is 44.2 Å². The zero-order chi connectivity index (χ0) is 14.4. The monoisotopic (exact) mass is 287 g/mol. The Bertz CT molecular complexity index is 531. The van der Waals surface area contributed by atoms with Crippen molar-refractivity contribution in [3.05, 3.63) is 57.8 Å². The minimum Gasteiger partial charge on any atom is -0.293 e. The summed E-state index contributed by atoms with van der Waals surface area (Å²) in [6.45, 7) is 6.45. The second-order valence-corrected chi connectivity index (χ2v) is 5.89. The summed E-state index contributed by atoms with van der Waals surface area (Å²) in [5.41, 5.74) is 2.08. The lowest BCUT2D eigenvalue weighted by atomic mass is 10.1. The van der Waals surface area contributed by atoms with Gasteiger partial charge in [0.2, 0.25) is 0 Å². The van der Waals surface area contributed by atoms with Gasteiger partial charge in [-0.25, -0.2) is 0 Å². The van der Waals surface area contributed by atoms with Crippen LogP contribution in [0.15, 0.2) is 41.8 Å². The third-order valence-corrected chi connectivity index (χ3v) is 4.32. The summed E-state index contributed by atoms with van der Waals surface area (Å²) < 4.78 is 0. The number of hydrogen-bond donors (Lipinski definition) is 0. The summed E-state index contributed by atoms with van der Waals surface area (Å²) in [6.07, 6.45) is 1.01. The van der Waals surface area contributed by atoms with Crippen LogP contribution in [-0.2, 0) is 13.0 Å². The van der Waals surface area contributed by atoms with E-state index >= 15 is 0 Å². The number of thiophene rings is 1. The third-order valence-electron chi connectivity index (χ3n) is 3.46. The van der Waals surface area contributed by atoms with Crippen molar-refractivity contribution >= 4 is 17.1 Å². The highest BCUT2D eigenvalue weighted by molar-refractivity contribution is 7.09. The van der Waals surface area contributed by atoms with Gasteiger partial charge in [0.05, 0.1) is 6.54 Å². The standard InChI is InChI=1S/C17H21NOS/c1-3-14-7-9-15(10-8-14)17(19)13-18(4-2)12-16-6-5-11-20-16/h5-11H,3-4,12-13H2,1-2H3. The molecule has 1 heterocycles. The molecule has 1 aromatic heterocycles. The largest absolute Gasteiger partial charge is 0.293 e. The molecule has 0 spiro atoms. The van der Waals surface area contributed by atoms with Crippen molar-refractivity contribution in [1.29, 1.82) is 0 Å². The number of aryl methyl sites for hydroxylation is 1. The summed E-state index contributed by atoms with van der Waals surface area (Å²) in [6, 6.07) is 12.2. The second-order valence-electron chi connectivity index (χ2n) is 4.86. The fourth-order valence-corrected chi connectivity index (χ4v) is 2.87. The van der Waals surface area contributed by atoms with Crippen LogP contribution >= 0.6 is 11.3 Å². The lowest BCUT2D eigenvalue weighted by Crippen LogP contribution is -2.29. The van der Waals surface area contributed by atoms with Crippen LogP contribution in [0, 0.1) is 0 Å². The van der Waals surface area contributed by atoms with E-state index in [4.69, 9.17) is 0 Å². The molecule has 2 aromatic rings. The highest BCUT2D eigenvalue weighted by atomic mass is 32.1. The molecule has 0 aliphatic heterocycles. The number of ketones is 1. The number of hydrogen-bond acceptors (Lipinski definition) is 3. The maximum atomic E-state index is 12.3. The van der Waals surface area contributed by atoms with E-state index in [1.807, 2.05) is 24.3 Å². The number of nitrogens with zero attached hydrogens (tertiary/aromatic N) is 1. The quantitative estimate of drug-likeness (QED) is 0.717. The van der Waals surface area contributed by atoms with Gasteiger partial charge < -0.3 is 0 Å². The fourth-order valence-electron chi connectivity index (χ4n) is 2.12. The molecule has 2 rings (SSSR count). The van der Waals surface area contributed by atoms with E-state index in [1.54, 1.807) is 11.3 Å². The first-order valence-electron chi connectivity index (χ1n) is 7.09. The van der Waals surface area contributed by atoms with Crippen molar-refractivity contribution in [2.75, 3.05) is 13.1 Å². The lowest BCUT2D eigenvalue weighted by Gasteiger charge is -2.18. The van der Waals surface area contributed by atoms with Crippen LogP contribution in [0.25, 0.3) is 0 Å². The predicted molar refractivity (Wildman–Crippen MR) is 85.4 cm³/mol. The molecule has 20 heavy (non-hydrogen) atoms. The lowest BCUT2D eigenvalue weighted by molar-refractivity contribution is 0.0930. The molecule has 0 saturated heterocycles. The average Bonchev–Trinajstić information content (AvgIpc) is 2.99. The van der Waals surface area contributed by atoms with Gasteiger partial charge in [-0.05, 0) is 30.0 Å². The Morgan fingerprint density at radius 1 is 1.15 bits per heavy atom. The van der Waals surface area contributed by atoms with Crippen molar-refractivity contribution in [2.24, 2.45) is 0 Å². The Kier molecular flexibility index (Phi) is 5.50. The second kappa shape index (κ2) is 7.36. The topological polar surface area (TPSA) is 20.3 Å². The van der Waals surface area contributed by atoms with Crippen molar-refractivity contribution in [3.8, 4) is 0 Å². The number of benzene rings is 1. The maximum Gasteiger partial charge on any atom is 0.176 e. The number of rotatable bonds is 7. The maximum absolute atomic E-state index is 12.3. The summed E-state index contributed by atoms with van der Waals surface area (Å²) in [7, 11) is 0. The Balaban J connectivity index is 1.97. The molecule has 0 saturated carbocycles. The van der Waals surface area contributed by atoms with Crippen LogP contribution in [0.5, 0.6) is 0 Å². The van der Waals surface area contributed by atoms with Gasteiger partial charge in [-0.15, -0.1) is 11.3 Å². The first-order valence-corrected chi connectivity index (χ1v) is 7.97. The highest BCUT2D eigenvalue weighted by Crippen LogP contribution is 2.13. The first kappa shape index (κ1) is 14.9. The molecular weight excluding hydrogens is 266 g/mol. The van der Waals surface area contributed by atoms with E-state index in [-0.39, 0.29) is 5.78 Å². The Morgan fingerprint density at radius 3 is 2.45 bits per heavy atom.